The first kappa shape index (κ1) is 17.6. The zero-order valence-electron chi connectivity index (χ0n) is 15.3. The van der Waals surface area contributed by atoms with Gasteiger partial charge in [0.05, 0.1) is 11.0 Å². The van der Waals surface area contributed by atoms with Gasteiger partial charge in [-0.05, 0) is 48.7 Å². The Morgan fingerprint density at radius 1 is 1.33 bits per heavy atom. The van der Waals surface area contributed by atoms with E-state index in [2.05, 4.69) is 25.6 Å². The Hall–Kier alpha value is -2.77. The number of carbonyl (C=O) groups excluding carboxylic acids is 1. The molecule has 7 nitrogen and oxygen atoms in total. The second-order valence-electron chi connectivity index (χ2n) is 6.72. The van der Waals surface area contributed by atoms with Crippen molar-refractivity contribution in [2.24, 2.45) is 0 Å². The van der Waals surface area contributed by atoms with E-state index in [1.165, 1.54) is 11.1 Å². The highest BCUT2D eigenvalue weighted by atomic mass is 16.5. The lowest BCUT2D eigenvalue weighted by atomic mass is 9.96. The van der Waals surface area contributed by atoms with Crippen molar-refractivity contribution in [2.75, 3.05) is 13.2 Å². The second kappa shape index (κ2) is 7.85. The van der Waals surface area contributed by atoms with Crippen LogP contribution in [0.5, 0.6) is 0 Å². The van der Waals surface area contributed by atoms with Gasteiger partial charge in [0, 0.05) is 25.0 Å². The van der Waals surface area contributed by atoms with Crippen molar-refractivity contribution < 1.29 is 9.53 Å². The van der Waals surface area contributed by atoms with E-state index in [1.807, 2.05) is 37.4 Å². The fourth-order valence-corrected chi connectivity index (χ4v) is 3.43. The molecule has 1 amide bonds. The van der Waals surface area contributed by atoms with Crippen molar-refractivity contribution in [3.63, 3.8) is 0 Å². The molecule has 0 saturated carbocycles. The van der Waals surface area contributed by atoms with Crippen LogP contribution in [0.4, 0.5) is 0 Å². The van der Waals surface area contributed by atoms with Gasteiger partial charge < -0.3 is 20.4 Å². The summed E-state index contributed by atoms with van der Waals surface area (Å²) in [5, 5.41) is 6.30. The van der Waals surface area contributed by atoms with Crippen molar-refractivity contribution in [1.82, 2.24) is 25.6 Å². The minimum atomic E-state index is -0.142. The van der Waals surface area contributed by atoms with Crippen LogP contribution >= 0.6 is 0 Å². The number of aromatic nitrogens is 3. The third kappa shape index (κ3) is 3.99. The van der Waals surface area contributed by atoms with Crippen LogP contribution in [0.1, 0.15) is 28.2 Å². The fraction of sp³-hybridized carbons (Fsp3) is 0.350. The predicted octanol–water partition coefficient (Wildman–Crippen LogP) is 1.75. The molecule has 0 aliphatic carbocycles. The summed E-state index contributed by atoms with van der Waals surface area (Å²) in [4.78, 5) is 24.2. The van der Waals surface area contributed by atoms with Crippen LogP contribution in [-0.4, -0.2) is 34.0 Å². The summed E-state index contributed by atoms with van der Waals surface area (Å²) in [5.41, 5.74) is 6.49. The average Bonchev–Trinajstić information content (AvgIpc) is 3.10. The Balaban J connectivity index is 1.30. The Morgan fingerprint density at radius 2 is 2.22 bits per heavy atom. The molecule has 1 aliphatic rings. The average molecular weight is 365 g/mol. The van der Waals surface area contributed by atoms with Crippen molar-refractivity contribution in [2.45, 2.75) is 33.0 Å². The minimum absolute atomic E-state index is 0.000100. The van der Waals surface area contributed by atoms with Gasteiger partial charge in [-0.3, -0.25) is 9.78 Å². The normalized spacial score (nSPS) is 13.5. The standard InChI is InChI=1S/C20H23N5O2/c1-13-16(15-6-7-21-8-14(15)9-22-13)10-23-20(26)12-27-11-19-24-17-4-2-3-5-18(17)25-19/h2-5,9,21H,6-8,10-12H2,1H3,(H,23,26)(H,24,25). The molecule has 0 unspecified atom stereocenters. The summed E-state index contributed by atoms with van der Waals surface area (Å²) in [7, 11) is 0. The zero-order valence-corrected chi connectivity index (χ0v) is 15.3. The van der Waals surface area contributed by atoms with E-state index >= 15 is 0 Å². The SMILES string of the molecule is Cc1ncc2c(c1CNC(=O)COCc1nc3ccccc3[nH]1)CCNC2. The van der Waals surface area contributed by atoms with Gasteiger partial charge in [-0.25, -0.2) is 4.98 Å². The van der Waals surface area contributed by atoms with Crippen LogP contribution in [0, 0.1) is 6.92 Å². The van der Waals surface area contributed by atoms with E-state index in [-0.39, 0.29) is 19.1 Å². The number of hydrogen-bond acceptors (Lipinski definition) is 5. The molecule has 3 aromatic rings. The Kier molecular flexibility index (Phi) is 5.13. The lowest BCUT2D eigenvalue weighted by Gasteiger charge is -2.21. The summed E-state index contributed by atoms with van der Waals surface area (Å²) in [6.45, 7) is 4.54. The molecule has 1 aliphatic heterocycles. The first-order valence-corrected chi connectivity index (χ1v) is 9.15. The maximum Gasteiger partial charge on any atom is 0.246 e. The van der Waals surface area contributed by atoms with Gasteiger partial charge in [-0.1, -0.05) is 12.1 Å². The Morgan fingerprint density at radius 3 is 3.11 bits per heavy atom. The van der Waals surface area contributed by atoms with Gasteiger partial charge in [-0.15, -0.1) is 0 Å². The van der Waals surface area contributed by atoms with Gasteiger partial charge in [0.25, 0.3) is 0 Å². The molecular formula is C20H23N5O2. The van der Waals surface area contributed by atoms with E-state index in [0.29, 0.717) is 12.4 Å². The molecule has 4 rings (SSSR count). The van der Waals surface area contributed by atoms with E-state index in [0.717, 1.165) is 41.8 Å². The topological polar surface area (TPSA) is 91.9 Å². The van der Waals surface area contributed by atoms with Crippen molar-refractivity contribution in [3.8, 4) is 0 Å². The molecule has 2 aromatic heterocycles. The number of H-pyrrole nitrogens is 1. The Bertz CT molecular complexity index is 933. The molecule has 3 heterocycles. The van der Waals surface area contributed by atoms with E-state index < -0.39 is 0 Å². The Labute approximate surface area is 157 Å². The fourth-order valence-electron chi connectivity index (χ4n) is 3.43. The number of fused-ring (bicyclic) bond motifs is 2. The van der Waals surface area contributed by atoms with Crippen LogP contribution in [0.25, 0.3) is 11.0 Å². The smallest absolute Gasteiger partial charge is 0.246 e. The van der Waals surface area contributed by atoms with Crippen LogP contribution in [0.3, 0.4) is 0 Å². The van der Waals surface area contributed by atoms with Gasteiger partial charge in [0.1, 0.15) is 19.0 Å². The monoisotopic (exact) mass is 365 g/mol. The third-order valence-electron chi connectivity index (χ3n) is 4.84. The maximum absolute atomic E-state index is 12.2. The number of ether oxygens (including phenoxy) is 1. The molecule has 0 bridgehead atoms. The first-order chi connectivity index (χ1) is 13.2. The van der Waals surface area contributed by atoms with Crippen LogP contribution in [0.2, 0.25) is 0 Å². The number of aryl methyl sites for hydroxylation is 1. The summed E-state index contributed by atoms with van der Waals surface area (Å²) in [6, 6.07) is 7.80. The number of imidazole rings is 1. The van der Waals surface area contributed by atoms with Gasteiger partial charge in [0.15, 0.2) is 0 Å². The van der Waals surface area contributed by atoms with Gasteiger partial charge in [-0.2, -0.15) is 0 Å². The van der Waals surface area contributed by atoms with Crippen LogP contribution in [0.15, 0.2) is 30.5 Å². The molecule has 1 aromatic carbocycles. The predicted molar refractivity (Wildman–Crippen MR) is 102 cm³/mol. The molecular weight excluding hydrogens is 342 g/mol. The van der Waals surface area contributed by atoms with Crippen molar-refractivity contribution >= 4 is 16.9 Å². The quantitative estimate of drug-likeness (QED) is 0.619. The summed E-state index contributed by atoms with van der Waals surface area (Å²) in [6.07, 6.45) is 2.89. The maximum atomic E-state index is 12.2. The number of para-hydroxylation sites is 2. The lowest BCUT2D eigenvalue weighted by Crippen LogP contribution is -2.30. The first-order valence-electron chi connectivity index (χ1n) is 9.15. The third-order valence-corrected chi connectivity index (χ3v) is 4.84. The zero-order chi connectivity index (χ0) is 18.6. The second-order valence-corrected chi connectivity index (χ2v) is 6.72. The number of amides is 1. The highest BCUT2D eigenvalue weighted by Crippen LogP contribution is 2.20. The summed E-state index contributed by atoms with van der Waals surface area (Å²) < 4.78 is 5.51. The number of rotatable bonds is 6. The number of pyridine rings is 1. The minimum Gasteiger partial charge on any atom is -0.364 e. The molecule has 0 fully saturated rings. The molecule has 0 saturated heterocycles. The van der Waals surface area contributed by atoms with Crippen molar-refractivity contribution in [3.05, 3.63) is 58.7 Å². The van der Waals surface area contributed by atoms with Crippen LogP contribution in [-0.2, 0) is 35.6 Å². The van der Waals surface area contributed by atoms with Crippen LogP contribution < -0.4 is 10.6 Å². The number of hydrogen-bond donors (Lipinski definition) is 3. The van der Waals surface area contributed by atoms with E-state index in [9.17, 15) is 4.79 Å². The van der Waals surface area contributed by atoms with E-state index in [1.54, 1.807) is 0 Å². The molecule has 27 heavy (non-hydrogen) atoms. The summed E-state index contributed by atoms with van der Waals surface area (Å²) >= 11 is 0. The lowest BCUT2D eigenvalue weighted by molar-refractivity contribution is -0.126. The van der Waals surface area contributed by atoms with Gasteiger partial charge >= 0.3 is 0 Å². The highest BCUT2D eigenvalue weighted by Gasteiger charge is 2.16. The number of nitrogens with one attached hydrogen (secondary N) is 3. The van der Waals surface area contributed by atoms with E-state index in [4.69, 9.17) is 4.74 Å². The summed E-state index contributed by atoms with van der Waals surface area (Å²) in [5.74, 6) is 0.575. The number of benzene rings is 1. The number of aromatic amines is 1. The molecule has 0 radical (unpaired) electrons. The van der Waals surface area contributed by atoms with Crippen molar-refractivity contribution in [1.29, 1.82) is 0 Å². The van der Waals surface area contributed by atoms with Gasteiger partial charge in [0.2, 0.25) is 5.91 Å². The molecule has 3 N–H and O–H groups in total. The molecule has 0 atom stereocenters. The number of carbonyl (C=O) groups is 1. The highest BCUT2D eigenvalue weighted by molar-refractivity contribution is 5.77. The number of nitrogens with zero attached hydrogens (tertiary/aromatic N) is 2. The molecule has 7 heteroatoms. The largest absolute Gasteiger partial charge is 0.364 e. The molecule has 0 spiro atoms. The molecule has 140 valence electrons.